The van der Waals surface area contributed by atoms with Gasteiger partial charge in [0.1, 0.15) is 0 Å². The molecule has 0 aliphatic carbocycles. The van der Waals surface area contributed by atoms with Crippen molar-refractivity contribution in [1.82, 2.24) is 0 Å². The molecule has 49 heavy (non-hydrogen) atoms. The monoisotopic (exact) mass is 814 g/mol. The molecule has 0 radical (unpaired) electrons. The second-order valence-corrected chi connectivity index (χ2v) is 8.85. The molecule has 0 aromatic rings. The van der Waals surface area contributed by atoms with Crippen molar-refractivity contribution in [3.8, 4) is 0 Å². The number of carboxylic acids is 1. The van der Waals surface area contributed by atoms with Gasteiger partial charge in [-0.3, -0.25) is 0 Å². The fourth-order valence-electron chi connectivity index (χ4n) is 2.83. The Hall–Kier alpha value is -2.70. The van der Waals surface area contributed by atoms with Crippen molar-refractivity contribution in [1.29, 1.82) is 0 Å². The molecule has 0 bridgehead atoms. The van der Waals surface area contributed by atoms with Crippen LogP contribution in [-0.2, 0) is 4.79 Å². The van der Waals surface area contributed by atoms with Crippen molar-refractivity contribution in [3.63, 3.8) is 0 Å². The Morgan fingerprint density at radius 2 is 0.367 bits per heavy atom. The third kappa shape index (κ3) is 5.08. The molecule has 33 heteroatoms. The Morgan fingerprint density at radius 3 is 0.490 bits per heavy atom. The zero-order valence-electron chi connectivity index (χ0n) is 20.6. The first-order valence-electron chi connectivity index (χ1n) is 10.0. The minimum absolute atomic E-state index is 6.00. The normalized spacial score (nSPS) is 18.0. The smallest absolute Gasteiger partial charge is 0.460 e. The first-order chi connectivity index (χ1) is 20.4. The average Bonchev–Trinajstić information content (AvgIpc) is 2.84. The molecule has 1 N–H and O–H groups in total. The fraction of sp³-hybridized carbons (Fsp3) is 0.938. The highest BCUT2D eigenvalue weighted by Gasteiger charge is 3.02. The van der Waals surface area contributed by atoms with Crippen molar-refractivity contribution in [2.24, 2.45) is 0 Å². The maximum atomic E-state index is 14.5. The van der Waals surface area contributed by atoms with Gasteiger partial charge in [-0.25, -0.2) is 9.18 Å². The lowest BCUT2D eigenvalue weighted by Crippen LogP contribution is -2.81. The van der Waals surface area contributed by atoms with Crippen molar-refractivity contribution in [2.45, 2.75) is 89.1 Å². The minimum atomic E-state index is -10.1. The molecule has 294 valence electrons. The average molecular weight is 814 g/mol. The predicted octanol–water partition coefficient (Wildman–Crippen LogP) is 9.53. The Labute approximate surface area is 242 Å². The number of alkyl halides is 31. The number of carboxylic acid groups (broad SMARTS) is 1. The van der Waals surface area contributed by atoms with Crippen molar-refractivity contribution >= 4 is 5.97 Å². The molecule has 0 fully saturated rings. The molecule has 0 aromatic carbocycles. The van der Waals surface area contributed by atoms with Crippen LogP contribution in [0.25, 0.3) is 0 Å². The summed E-state index contributed by atoms with van der Waals surface area (Å²) >= 11 is 0. The highest BCUT2D eigenvalue weighted by atomic mass is 19.4. The second kappa shape index (κ2) is 10.9. The van der Waals surface area contributed by atoms with Crippen LogP contribution in [0.5, 0.6) is 0 Å². The molecule has 2 nitrogen and oxygen atoms in total. The summed E-state index contributed by atoms with van der Waals surface area (Å²) in [4.78, 5) is 10.6. The molecule has 0 saturated heterocycles. The van der Waals surface area contributed by atoms with Crippen LogP contribution in [0, 0.1) is 0 Å². The Bertz CT molecular complexity index is 1250. The van der Waals surface area contributed by atoms with Gasteiger partial charge in [-0.1, -0.05) is 0 Å². The highest BCUT2D eigenvalue weighted by molar-refractivity contribution is 5.81. The fourth-order valence-corrected chi connectivity index (χ4v) is 2.83. The van der Waals surface area contributed by atoms with E-state index in [0.717, 1.165) is 0 Å². The first kappa shape index (κ1) is 46.3. The maximum absolute atomic E-state index is 14.5. The number of hydrogen-bond donors (Lipinski definition) is 1. The number of hydrogen-bond acceptors (Lipinski definition) is 1. The van der Waals surface area contributed by atoms with Crippen LogP contribution in [0.3, 0.4) is 0 Å². The van der Waals surface area contributed by atoms with Crippen molar-refractivity contribution in [3.05, 3.63) is 0 Å². The van der Waals surface area contributed by atoms with Gasteiger partial charge in [-0.2, -0.15) is 132 Å². The summed E-state index contributed by atoms with van der Waals surface area (Å²) < 4.78 is 411. The summed E-state index contributed by atoms with van der Waals surface area (Å²) in [5, 5.41) is 8.06. The molecule has 0 rings (SSSR count). The zero-order valence-corrected chi connectivity index (χ0v) is 20.6. The third-order valence-electron chi connectivity index (χ3n) is 5.82. The van der Waals surface area contributed by atoms with Crippen LogP contribution >= 0.6 is 0 Å². The lowest BCUT2D eigenvalue weighted by Gasteiger charge is -2.47. The molecule has 0 heterocycles. The molecule has 0 saturated carbocycles. The maximum Gasteiger partial charge on any atom is 0.460 e. The molecule has 1 atom stereocenters. The van der Waals surface area contributed by atoms with Crippen molar-refractivity contribution in [2.75, 3.05) is 0 Å². The summed E-state index contributed by atoms with van der Waals surface area (Å²) in [6.45, 7) is 0. The van der Waals surface area contributed by atoms with Crippen LogP contribution in [-0.4, -0.2) is 100 Å². The van der Waals surface area contributed by atoms with Crippen molar-refractivity contribution < 1.29 is 146 Å². The third-order valence-corrected chi connectivity index (χ3v) is 5.82. The van der Waals surface area contributed by atoms with E-state index >= 15 is 0 Å². The summed E-state index contributed by atoms with van der Waals surface area (Å²) in [6.07, 6.45) is -16.8. The highest BCUT2D eigenvalue weighted by Crippen LogP contribution is 2.69. The quantitative estimate of drug-likeness (QED) is 0.188. The molecule has 0 amide bonds. The van der Waals surface area contributed by atoms with Gasteiger partial charge in [0.2, 0.25) is 0 Å². The largest absolute Gasteiger partial charge is 0.479 e. The molecule has 1 unspecified atom stereocenters. The van der Waals surface area contributed by atoms with Crippen LogP contribution in [0.4, 0.5) is 136 Å². The summed E-state index contributed by atoms with van der Waals surface area (Å²) in [7, 11) is 0. The molecular weight excluding hydrogens is 813 g/mol. The van der Waals surface area contributed by atoms with E-state index in [2.05, 4.69) is 0 Å². The van der Waals surface area contributed by atoms with E-state index in [0.29, 0.717) is 0 Å². The number of halogens is 31. The van der Waals surface area contributed by atoms with Gasteiger partial charge in [-0.15, -0.1) is 0 Å². The van der Waals surface area contributed by atoms with Gasteiger partial charge in [0.25, 0.3) is 0 Å². The summed E-state index contributed by atoms with van der Waals surface area (Å²) in [5.41, 5.74) is -9.67. The van der Waals surface area contributed by atoms with Crippen LogP contribution in [0.2, 0.25) is 0 Å². The first-order valence-corrected chi connectivity index (χ1v) is 10.0. The minimum Gasteiger partial charge on any atom is -0.479 e. The van der Waals surface area contributed by atoms with E-state index in [9.17, 15) is 141 Å². The topological polar surface area (TPSA) is 37.3 Å². The standard InChI is InChI=1S/C16HF31O2/c17-2(1(48)49,4(20,21)6(24,25)8(28,29)11(34,35)13(38,39)15(42,43)44)3(18,19)5(22,23)7(26,27)9(30,31)10(32,33)12(36,37)14(40,41)16(45,46)47/h(H,48,49). The van der Waals surface area contributed by atoms with Gasteiger partial charge >= 0.3 is 95.1 Å². The molecule has 0 aliphatic rings. The van der Waals surface area contributed by atoms with Gasteiger partial charge in [0.05, 0.1) is 0 Å². The van der Waals surface area contributed by atoms with E-state index in [-0.39, 0.29) is 0 Å². The lowest BCUT2D eigenvalue weighted by molar-refractivity contribution is -0.476. The summed E-state index contributed by atoms with van der Waals surface area (Å²) in [6, 6.07) is 0. The SMILES string of the molecule is O=C(O)C(F)(C(F)(F)C(F)(F)C(F)(F)C(F)(F)C(F)(F)C(F)(F)F)C(F)(F)C(F)(F)C(F)(F)C(F)(F)C(F)(F)C(F)(F)C(F)(F)C(F)(F)F. The second-order valence-electron chi connectivity index (χ2n) is 8.85. The van der Waals surface area contributed by atoms with Gasteiger partial charge in [0.15, 0.2) is 0 Å². The van der Waals surface area contributed by atoms with Gasteiger partial charge < -0.3 is 5.11 Å². The zero-order chi connectivity index (χ0) is 41.1. The molecular formula is C16HF31O2. The van der Waals surface area contributed by atoms with Crippen LogP contribution in [0.15, 0.2) is 0 Å². The van der Waals surface area contributed by atoms with Crippen LogP contribution in [0.1, 0.15) is 0 Å². The van der Waals surface area contributed by atoms with E-state index in [4.69, 9.17) is 5.11 Å². The molecule has 0 aliphatic heterocycles. The number of aliphatic carboxylic acids is 1. The lowest BCUT2D eigenvalue weighted by atomic mass is 9.77. The van der Waals surface area contributed by atoms with Gasteiger partial charge in [-0.05, 0) is 0 Å². The van der Waals surface area contributed by atoms with E-state index in [1.165, 1.54) is 0 Å². The summed E-state index contributed by atoms with van der Waals surface area (Å²) in [5.74, 6) is -122. The van der Waals surface area contributed by atoms with E-state index < -0.39 is 95.1 Å². The Morgan fingerprint density at radius 1 is 0.245 bits per heavy atom. The van der Waals surface area contributed by atoms with E-state index in [1.54, 1.807) is 0 Å². The molecule has 0 aromatic heterocycles. The van der Waals surface area contributed by atoms with Gasteiger partial charge in [0, 0.05) is 0 Å². The van der Waals surface area contributed by atoms with E-state index in [1.807, 2.05) is 0 Å². The predicted molar refractivity (Wildman–Crippen MR) is 82.9 cm³/mol. The Kier molecular flexibility index (Phi) is 10.3. The van der Waals surface area contributed by atoms with Crippen LogP contribution < -0.4 is 0 Å². The number of rotatable bonds is 13. The Balaban J connectivity index is 7.99. The number of carbonyl (C=O) groups is 1. The molecule has 0 spiro atoms.